The summed E-state index contributed by atoms with van der Waals surface area (Å²) in [5.41, 5.74) is 7.99. The molecule has 0 heterocycles. The van der Waals surface area contributed by atoms with Crippen LogP contribution in [0.4, 0.5) is 8.78 Å². The van der Waals surface area contributed by atoms with Crippen molar-refractivity contribution in [2.75, 3.05) is 0 Å². The molecule has 126 valence electrons. The number of nitrogens with two attached hydrogens (primary N) is 1. The zero-order valence-electron chi connectivity index (χ0n) is 13.4. The lowest BCUT2D eigenvalue weighted by Gasteiger charge is -2.18. The van der Waals surface area contributed by atoms with E-state index < -0.39 is 29.5 Å². The first-order chi connectivity index (χ1) is 11.3. The molecule has 2 aromatic carbocycles. The normalized spacial score (nSPS) is 11.8. The molecule has 0 saturated heterocycles. The second kappa shape index (κ2) is 7.21. The van der Waals surface area contributed by atoms with Crippen LogP contribution in [0.25, 0.3) is 0 Å². The lowest BCUT2D eigenvalue weighted by Crippen LogP contribution is -2.46. The Morgan fingerprint density at radius 1 is 1.08 bits per heavy atom. The van der Waals surface area contributed by atoms with Crippen LogP contribution in [0, 0.1) is 25.5 Å². The molecule has 0 unspecified atom stereocenters. The minimum atomic E-state index is -0.983. The number of carbonyl (C=O) groups is 2. The highest BCUT2D eigenvalue weighted by Gasteiger charge is 2.21. The maximum Gasteiger partial charge on any atom is 0.252 e. The Balaban J connectivity index is 2.22. The molecule has 0 spiro atoms. The van der Waals surface area contributed by atoms with Crippen molar-refractivity contribution in [1.82, 2.24) is 5.32 Å². The van der Waals surface area contributed by atoms with Gasteiger partial charge in [-0.3, -0.25) is 9.59 Å². The predicted molar refractivity (Wildman–Crippen MR) is 86.4 cm³/mol. The number of benzene rings is 2. The van der Waals surface area contributed by atoms with Crippen molar-refractivity contribution >= 4 is 11.8 Å². The van der Waals surface area contributed by atoms with Gasteiger partial charge in [-0.05, 0) is 42.7 Å². The Kier molecular flexibility index (Phi) is 5.28. The topological polar surface area (TPSA) is 72.2 Å². The van der Waals surface area contributed by atoms with Gasteiger partial charge >= 0.3 is 0 Å². The number of hydrogen-bond donors (Lipinski definition) is 2. The number of carbonyl (C=O) groups excluding carboxylic acids is 2. The van der Waals surface area contributed by atoms with Gasteiger partial charge in [0, 0.05) is 18.1 Å². The van der Waals surface area contributed by atoms with Crippen LogP contribution in [0.1, 0.15) is 27.0 Å². The summed E-state index contributed by atoms with van der Waals surface area (Å²) in [5, 5.41) is 2.44. The number of nitrogens with one attached hydrogen (secondary N) is 1. The fourth-order valence-electron chi connectivity index (χ4n) is 2.52. The van der Waals surface area contributed by atoms with Crippen molar-refractivity contribution in [1.29, 1.82) is 0 Å². The van der Waals surface area contributed by atoms with Crippen molar-refractivity contribution in [2.45, 2.75) is 26.3 Å². The largest absolute Gasteiger partial charge is 0.368 e. The van der Waals surface area contributed by atoms with Gasteiger partial charge in [0.25, 0.3) is 5.91 Å². The van der Waals surface area contributed by atoms with E-state index in [1.54, 1.807) is 0 Å². The third-order valence-corrected chi connectivity index (χ3v) is 3.83. The molecular formula is C18H18F2N2O2. The van der Waals surface area contributed by atoms with Gasteiger partial charge < -0.3 is 11.1 Å². The fourth-order valence-corrected chi connectivity index (χ4v) is 2.52. The van der Waals surface area contributed by atoms with Gasteiger partial charge in [-0.15, -0.1) is 0 Å². The van der Waals surface area contributed by atoms with E-state index >= 15 is 0 Å². The number of rotatable bonds is 5. The van der Waals surface area contributed by atoms with Gasteiger partial charge in [0.2, 0.25) is 5.91 Å². The molecule has 1 atom stereocenters. The lowest BCUT2D eigenvalue weighted by molar-refractivity contribution is -0.119. The number of primary amides is 1. The Hall–Kier alpha value is -2.76. The van der Waals surface area contributed by atoms with E-state index in [2.05, 4.69) is 5.32 Å². The highest BCUT2D eigenvalue weighted by molar-refractivity contribution is 5.97. The quantitative estimate of drug-likeness (QED) is 0.882. The molecule has 4 nitrogen and oxygen atoms in total. The van der Waals surface area contributed by atoms with Crippen LogP contribution in [-0.4, -0.2) is 17.9 Å². The highest BCUT2D eigenvalue weighted by Crippen LogP contribution is 2.16. The first-order valence-electron chi connectivity index (χ1n) is 7.39. The van der Waals surface area contributed by atoms with Crippen molar-refractivity contribution < 1.29 is 18.4 Å². The first kappa shape index (κ1) is 17.6. The first-order valence-corrected chi connectivity index (χ1v) is 7.39. The van der Waals surface area contributed by atoms with Crippen LogP contribution in [-0.2, 0) is 11.2 Å². The average Bonchev–Trinajstić information content (AvgIpc) is 2.48. The van der Waals surface area contributed by atoms with Crippen molar-refractivity contribution in [3.8, 4) is 0 Å². The second-order valence-corrected chi connectivity index (χ2v) is 5.66. The molecule has 0 saturated carbocycles. The number of hydrogen-bond acceptors (Lipinski definition) is 2. The highest BCUT2D eigenvalue weighted by atomic mass is 19.1. The Bertz CT molecular complexity index is 750. The van der Waals surface area contributed by atoms with Gasteiger partial charge in [-0.2, -0.15) is 0 Å². The van der Waals surface area contributed by atoms with Crippen molar-refractivity contribution in [3.05, 3.63) is 70.3 Å². The lowest BCUT2D eigenvalue weighted by atomic mass is 9.96. The van der Waals surface area contributed by atoms with Gasteiger partial charge in [0.15, 0.2) is 0 Å². The zero-order valence-corrected chi connectivity index (χ0v) is 13.4. The Morgan fingerprint density at radius 2 is 1.62 bits per heavy atom. The number of halogens is 2. The van der Waals surface area contributed by atoms with E-state index in [1.165, 1.54) is 0 Å². The summed E-state index contributed by atoms with van der Waals surface area (Å²) in [5.74, 6) is -3.22. The summed E-state index contributed by atoms with van der Waals surface area (Å²) in [6, 6.07) is 7.16. The molecular weight excluding hydrogens is 314 g/mol. The zero-order chi connectivity index (χ0) is 17.9. The third kappa shape index (κ3) is 4.16. The van der Waals surface area contributed by atoms with E-state index in [0.29, 0.717) is 6.07 Å². The van der Waals surface area contributed by atoms with E-state index in [-0.39, 0.29) is 12.0 Å². The summed E-state index contributed by atoms with van der Waals surface area (Å²) in [7, 11) is 0. The Labute approximate surface area is 138 Å². The molecule has 2 rings (SSSR count). The monoisotopic (exact) mass is 332 g/mol. The SMILES string of the molecule is Cc1cccc(C)c1C[C@H](NC(=O)c1cc(F)cc(F)c1)C(N)=O. The molecule has 0 radical (unpaired) electrons. The standard InChI is InChI=1S/C18H18F2N2O2/c1-10-4-3-5-11(2)15(10)9-16(17(21)23)22-18(24)12-6-13(19)8-14(20)7-12/h3-8,16H,9H2,1-2H3,(H2,21,23)(H,22,24)/t16-/m0/s1. The van der Waals surface area contributed by atoms with Gasteiger partial charge in [0.1, 0.15) is 17.7 Å². The summed E-state index contributed by atoms with van der Waals surface area (Å²) in [4.78, 5) is 23.9. The minimum Gasteiger partial charge on any atom is -0.368 e. The maximum atomic E-state index is 13.2. The van der Waals surface area contributed by atoms with Crippen LogP contribution in [0.3, 0.4) is 0 Å². The average molecular weight is 332 g/mol. The number of amides is 2. The molecule has 0 bridgehead atoms. The molecule has 3 N–H and O–H groups in total. The van der Waals surface area contributed by atoms with Gasteiger partial charge in [-0.25, -0.2) is 8.78 Å². The molecule has 0 aromatic heterocycles. The molecule has 0 aliphatic rings. The van der Waals surface area contributed by atoms with Crippen LogP contribution < -0.4 is 11.1 Å². The summed E-state index contributed by atoms with van der Waals surface area (Å²) in [6.07, 6.45) is 0.206. The van der Waals surface area contributed by atoms with E-state index in [1.807, 2.05) is 32.0 Å². The summed E-state index contributed by atoms with van der Waals surface area (Å²) >= 11 is 0. The molecule has 0 aliphatic carbocycles. The smallest absolute Gasteiger partial charge is 0.252 e. The van der Waals surface area contributed by atoms with Crippen LogP contribution in [0.5, 0.6) is 0 Å². The molecule has 0 aliphatic heterocycles. The third-order valence-electron chi connectivity index (χ3n) is 3.83. The van der Waals surface area contributed by atoms with Crippen LogP contribution in [0.15, 0.2) is 36.4 Å². The molecule has 6 heteroatoms. The molecule has 2 aromatic rings. The van der Waals surface area contributed by atoms with Crippen LogP contribution in [0.2, 0.25) is 0 Å². The maximum absolute atomic E-state index is 13.2. The summed E-state index contributed by atoms with van der Waals surface area (Å²) < 4.78 is 26.5. The van der Waals surface area contributed by atoms with Gasteiger partial charge in [-0.1, -0.05) is 18.2 Å². The fraction of sp³-hybridized carbons (Fsp3) is 0.222. The van der Waals surface area contributed by atoms with E-state index in [0.717, 1.165) is 28.8 Å². The number of aryl methyl sites for hydroxylation is 2. The minimum absolute atomic E-state index is 0.206. The summed E-state index contributed by atoms with van der Waals surface area (Å²) in [6.45, 7) is 3.79. The molecule has 2 amide bonds. The van der Waals surface area contributed by atoms with Crippen LogP contribution >= 0.6 is 0 Å². The van der Waals surface area contributed by atoms with Crippen molar-refractivity contribution in [3.63, 3.8) is 0 Å². The second-order valence-electron chi connectivity index (χ2n) is 5.66. The predicted octanol–water partition coefficient (Wildman–Crippen LogP) is 2.41. The van der Waals surface area contributed by atoms with Gasteiger partial charge in [0.05, 0.1) is 0 Å². The molecule has 24 heavy (non-hydrogen) atoms. The Morgan fingerprint density at radius 3 is 2.12 bits per heavy atom. The van der Waals surface area contributed by atoms with Crippen molar-refractivity contribution in [2.24, 2.45) is 5.73 Å². The van der Waals surface area contributed by atoms with E-state index in [9.17, 15) is 18.4 Å². The van der Waals surface area contributed by atoms with E-state index in [4.69, 9.17) is 5.73 Å². The molecule has 0 fully saturated rings.